The third-order valence-corrected chi connectivity index (χ3v) is 4.73. The van der Waals surface area contributed by atoms with Crippen LogP contribution in [-0.4, -0.2) is 6.54 Å². The second-order valence-electron chi connectivity index (χ2n) is 6.42. The maximum Gasteiger partial charge on any atom is 0.0419 e. The molecule has 2 aromatic rings. The number of hydrogen-bond acceptors (Lipinski definition) is 1. The molecule has 1 aliphatic carbocycles. The van der Waals surface area contributed by atoms with Gasteiger partial charge in [-0.1, -0.05) is 68.3 Å². The van der Waals surface area contributed by atoms with Crippen LogP contribution in [0.3, 0.4) is 0 Å². The minimum Gasteiger partial charge on any atom is -0.384 e. The van der Waals surface area contributed by atoms with Gasteiger partial charge in [-0.15, -0.1) is 0 Å². The molecule has 1 fully saturated rings. The van der Waals surface area contributed by atoms with Crippen LogP contribution in [0.2, 0.25) is 0 Å². The average molecular weight is 279 g/mol. The van der Waals surface area contributed by atoms with Gasteiger partial charge in [0, 0.05) is 17.8 Å². The van der Waals surface area contributed by atoms with Gasteiger partial charge < -0.3 is 5.32 Å². The minimum absolute atomic E-state index is 0.838. The standard InChI is InChI=1S/C20H25N/c1-16-11-13-17(14-12-16)15-21-20-10-6-5-9-19(20)18-7-3-2-4-8-18/h2-10,16-17,21H,11-15H2,1H3. The van der Waals surface area contributed by atoms with E-state index in [1.165, 1.54) is 42.5 Å². The highest BCUT2D eigenvalue weighted by Crippen LogP contribution is 2.31. The molecular formula is C20H25N. The SMILES string of the molecule is CC1CCC(CNc2ccccc2-c2ccccc2)CC1. The van der Waals surface area contributed by atoms with E-state index in [9.17, 15) is 0 Å². The molecule has 1 aliphatic rings. The van der Waals surface area contributed by atoms with Crippen LogP contribution in [0, 0.1) is 11.8 Å². The Kier molecular flexibility index (Phi) is 4.59. The summed E-state index contributed by atoms with van der Waals surface area (Å²) >= 11 is 0. The zero-order valence-corrected chi connectivity index (χ0v) is 12.9. The van der Waals surface area contributed by atoms with Crippen LogP contribution in [0.1, 0.15) is 32.6 Å². The zero-order chi connectivity index (χ0) is 14.5. The monoisotopic (exact) mass is 279 g/mol. The molecule has 0 radical (unpaired) electrons. The zero-order valence-electron chi connectivity index (χ0n) is 12.9. The Bertz CT molecular complexity index is 553. The van der Waals surface area contributed by atoms with Crippen LogP contribution in [0.5, 0.6) is 0 Å². The van der Waals surface area contributed by atoms with Gasteiger partial charge in [0.1, 0.15) is 0 Å². The highest BCUT2D eigenvalue weighted by molar-refractivity contribution is 5.77. The number of hydrogen-bond donors (Lipinski definition) is 1. The van der Waals surface area contributed by atoms with Gasteiger partial charge in [-0.05, 0) is 36.3 Å². The molecule has 1 N–H and O–H groups in total. The number of benzene rings is 2. The fraction of sp³-hybridized carbons (Fsp3) is 0.400. The van der Waals surface area contributed by atoms with Gasteiger partial charge in [0.05, 0.1) is 0 Å². The molecule has 2 aromatic carbocycles. The topological polar surface area (TPSA) is 12.0 Å². The first-order chi connectivity index (χ1) is 10.3. The maximum atomic E-state index is 3.70. The molecule has 1 nitrogen and oxygen atoms in total. The molecule has 3 rings (SSSR count). The molecule has 1 saturated carbocycles. The fourth-order valence-corrected chi connectivity index (χ4v) is 3.29. The summed E-state index contributed by atoms with van der Waals surface area (Å²) in [4.78, 5) is 0. The molecule has 0 heterocycles. The lowest BCUT2D eigenvalue weighted by atomic mass is 9.83. The van der Waals surface area contributed by atoms with Crippen LogP contribution in [0.15, 0.2) is 54.6 Å². The Morgan fingerprint density at radius 3 is 2.29 bits per heavy atom. The van der Waals surface area contributed by atoms with E-state index in [2.05, 4.69) is 66.8 Å². The molecule has 0 aliphatic heterocycles. The Balaban J connectivity index is 1.69. The van der Waals surface area contributed by atoms with E-state index in [-0.39, 0.29) is 0 Å². The van der Waals surface area contributed by atoms with Crippen molar-refractivity contribution in [1.82, 2.24) is 0 Å². The summed E-state index contributed by atoms with van der Waals surface area (Å²) in [6, 6.07) is 19.3. The van der Waals surface area contributed by atoms with Crippen LogP contribution < -0.4 is 5.32 Å². The molecule has 0 bridgehead atoms. The Labute approximate surface area is 128 Å². The summed E-state index contributed by atoms with van der Waals surface area (Å²) in [6.45, 7) is 3.49. The minimum atomic E-state index is 0.838. The quantitative estimate of drug-likeness (QED) is 0.769. The predicted octanol–water partition coefficient (Wildman–Crippen LogP) is 5.59. The third-order valence-electron chi connectivity index (χ3n) is 4.73. The second-order valence-corrected chi connectivity index (χ2v) is 6.42. The molecule has 0 amide bonds. The normalized spacial score (nSPS) is 22.0. The molecular weight excluding hydrogens is 254 g/mol. The highest BCUT2D eigenvalue weighted by atomic mass is 14.9. The summed E-state index contributed by atoms with van der Waals surface area (Å²) in [5.74, 6) is 1.77. The summed E-state index contributed by atoms with van der Waals surface area (Å²) in [5.41, 5.74) is 3.86. The predicted molar refractivity (Wildman–Crippen MR) is 91.5 cm³/mol. The Hall–Kier alpha value is -1.76. The van der Waals surface area contributed by atoms with Gasteiger partial charge in [0.15, 0.2) is 0 Å². The first-order valence-electron chi connectivity index (χ1n) is 8.21. The summed E-state index contributed by atoms with van der Waals surface area (Å²) in [7, 11) is 0. The van der Waals surface area contributed by atoms with Crippen molar-refractivity contribution in [2.45, 2.75) is 32.6 Å². The van der Waals surface area contributed by atoms with Gasteiger partial charge in [-0.2, -0.15) is 0 Å². The molecule has 21 heavy (non-hydrogen) atoms. The van der Waals surface area contributed by atoms with Crippen LogP contribution >= 0.6 is 0 Å². The van der Waals surface area contributed by atoms with Gasteiger partial charge in [-0.25, -0.2) is 0 Å². The van der Waals surface area contributed by atoms with Crippen LogP contribution in [0.4, 0.5) is 5.69 Å². The summed E-state index contributed by atoms with van der Waals surface area (Å²) < 4.78 is 0. The van der Waals surface area contributed by atoms with Gasteiger partial charge in [-0.3, -0.25) is 0 Å². The van der Waals surface area contributed by atoms with Crippen LogP contribution in [-0.2, 0) is 0 Å². The molecule has 0 atom stereocenters. The second kappa shape index (κ2) is 6.80. The number of para-hydroxylation sites is 1. The smallest absolute Gasteiger partial charge is 0.0419 e. The number of nitrogens with one attached hydrogen (secondary N) is 1. The highest BCUT2D eigenvalue weighted by Gasteiger charge is 2.18. The first kappa shape index (κ1) is 14.2. The lowest BCUT2D eigenvalue weighted by Gasteiger charge is -2.27. The van der Waals surface area contributed by atoms with Crippen molar-refractivity contribution in [2.24, 2.45) is 11.8 Å². The van der Waals surface area contributed by atoms with E-state index in [0.29, 0.717) is 0 Å². The van der Waals surface area contributed by atoms with Crippen molar-refractivity contribution in [3.05, 3.63) is 54.6 Å². The van der Waals surface area contributed by atoms with Crippen molar-refractivity contribution in [2.75, 3.05) is 11.9 Å². The van der Waals surface area contributed by atoms with E-state index >= 15 is 0 Å². The van der Waals surface area contributed by atoms with Crippen molar-refractivity contribution >= 4 is 5.69 Å². The van der Waals surface area contributed by atoms with E-state index in [4.69, 9.17) is 0 Å². The average Bonchev–Trinajstić information content (AvgIpc) is 2.55. The van der Waals surface area contributed by atoms with Gasteiger partial charge in [0.25, 0.3) is 0 Å². The summed E-state index contributed by atoms with van der Waals surface area (Å²) in [6.07, 6.45) is 5.54. The van der Waals surface area contributed by atoms with Gasteiger partial charge in [0.2, 0.25) is 0 Å². The molecule has 0 saturated heterocycles. The van der Waals surface area contributed by atoms with Crippen molar-refractivity contribution in [3.8, 4) is 11.1 Å². The van der Waals surface area contributed by atoms with E-state index < -0.39 is 0 Å². The first-order valence-corrected chi connectivity index (χ1v) is 8.21. The lowest BCUT2D eigenvalue weighted by molar-refractivity contribution is 0.300. The lowest BCUT2D eigenvalue weighted by Crippen LogP contribution is -2.20. The fourth-order valence-electron chi connectivity index (χ4n) is 3.29. The Morgan fingerprint density at radius 2 is 1.52 bits per heavy atom. The van der Waals surface area contributed by atoms with Crippen molar-refractivity contribution in [1.29, 1.82) is 0 Å². The van der Waals surface area contributed by atoms with Crippen LogP contribution in [0.25, 0.3) is 11.1 Å². The van der Waals surface area contributed by atoms with E-state index in [1.54, 1.807) is 0 Å². The third kappa shape index (κ3) is 3.66. The largest absolute Gasteiger partial charge is 0.384 e. The van der Waals surface area contributed by atoms with Gasteiger partial charge >= 0.3 is 0 Å². The number of anilines is 1. The number of rotatable bonds is 4. The van der Waals surface area contributed by atoms with E-state index in [0.717, 1.165) is 18.4 Å². The van der Waals surface area contributed by atoms with Crippen molar-refractivity contribution in [3.63, 3.8) is 0 Å². The molecule has 0 spiro atoms. The van der Waals surface area contributed by atoms with E-state index in [1.807, 2.05) is 0 Å². The molecule has 0 unspecified atom stereocenters. The van der Waals surface area contributed by atoms with Crippen molar-refractivity contribution < 1.29 is 0 Å². The molecule has 110 valence electrons. The molecule has 1 heteroatoms. The summed E-state index contributed by atoms with van der Waals surface area (Å²) in [5, 5.41) is 3.70. The Morgan fingerprint density at radius 1 is 0.857 bits per heavy atom. The maximum absolute atomic E-state index is 3.70. The molecule has 0 aromatic heterocycles.